The Kier molecular flexibility index (Phi) is 2.68. The number of ether oxygens (including phenoxy) is 2. The van der Waals surface area contributed by atoms with Gasteiger partial charge in [-0.05, 0) is 33.6 Å². The van der Waals surface area contributed by atoms with Crippen molar-refractivity contribution >= 4 is 0 Å². The van der Waals surface area contributed by atoms with E-state index in [1.807, 2.05) is 6.08 Å². The molecule has 2 rings (SSSR count). The van der Waals surface area contributed by atoms with Crippen molar-refractivity contribution in [2.24, 2.45) is 5.92 Å². The maximum atomic E-state index is 5.86. The Labute approximate surface area is 92.6 Å². The van der Waals surface area contributed by atoms with Gasteiger partial charge in [0.05, 0.1) is 23.9 Å². The summed E-state index contributed by atoms with van der Waals surface area (Å²) < 4.78 is 11.7. The summed E-state index contributed by atoms with van der Waals surface area (Å²) in [6, 6.07) is 0. The molecule has 86 valence electrons. The van der Waals surface area contributed by atoms with Gasteiger partial charge < -0.3 is 9.47 Å². The van der Waals surface area contributed by atoms with E-state index in [1.54, 1.807) is 0 Å². The Hall–Kier alpha value is -0.340. The second-order valence-electron chi connectivity index (χ2n) is 5.55. The van der Waals surface area contributed by atoms with E-state index < -0.39 is 0 Å². The molecule has 2 fully saturated rings. The second kappa shape index (κ2) is 3.60. The van der Waals surface area contributed by atoms with E-state index in [9.17, 15) is 0 Å². The van der Waals surface area contributed by atoms with Crippen LogP contribution in [0.25, 0.3) is 0 Å². The first-order valence-corrected chi connectivity index (χ1v) is 5.92. The highest BCUT2D eigenvalue weighted by molar-refractivity contribution is 5.09. The highest BCUT2D eigenvalue weighted by Gasteiger charge is 2.61. The van der Waals surface area contributed by atoms with E-state index in [-0.39, 0.29) is 11.2 Å². The summed E-state index contributed by atoms with van der Waals surface area (Å²) in [5, 5.41) is 0. The van der Waals surface area contributed by atoms with Crippen molar-refractivity contribution in [1.82, 2.24) is 0 Å². The molecule has 2 heteroatoms. The zero-order chi connectivity index (χ0) is 11.1. The van der Waals surface area contributed by atoms with Gasteiger partial charge in [0.25, 0.3) is 0 Å². The van der Waals surface area contributed by atoms with Crippen LogP contribution in [0.15, 0.2) is 12.7 Å². The molecule has 1 aliphatic heterocycles. The van der Waals surface area contributed by atoms with Crippen LogP contribution in [0, 0.1) is 5.92 Å². The molecule has 1 aliphatic carbocycles. The van der Waals surface area contributed by atoms with Crippen LogP contribution in [0.4, 0.5) is 0 Å². The Morgan fingerprint density at radius 3 is 3.00 bits per heavy atom. The fourth-order valence-electron chi connectivity index (χ4n) is 2.88. The van der Waals surface area contributed by atoms with Crippen LogP contribution in [0.5, 0.6) is 0 Å². The molecule has 0 radical (unpaired) electrons. The van der Waals surface area contributed by atoms with Crippen LogP contribution in [0.1, 0.15) is 40.0 Å². The lowest BCUT2D eigenvalue weighted by atomic mass is 9.74. The number of fused-ring (bicyclic) bond motifs is 1. The highest BCUT2D eigenvalue weighted by atomic mass is 16.6. The van der Waals surface area contributed by atoms with Crippen LogP contribution < -0.4 is 0 Å². The number of hydrogen-bond donors (Lipinski definition) is 0. The minimum absolute atomic E-state index is 0.0863. The number of hydrogen-bond acceptors (Lipinski definition) is 2. The largest absolute Gasteiger partial charge is 0.371 e. The molecule has 2 aliphatic rings. The fraction of sp³-hybridized carbons (Fsp3) is 0.846. The molecular weight excluding hydrogens is 188 g/mol. The molecule has 0 aromatic rings. The first kappa shape index (κ1) is 11.2. The molecule has 3 atom stereocenters. The summed E-state index contributed by atoms with van der Waals surface area (Å²) in [6.07, 6.45) is 5.94. The third-order valence-electron chi connectivity index (χ3n) is 3.96. The van der Waals surface area contributed by atoms with Gasteiger partial charge in [0.1, 0.15) is 0 Å². The highest BCUT2D eigenvalue weighted by Crippen LogP contribution is 2.53. The zero-order valence-corrected chi connectivity index (χ0v) is 10.1. The Morgan fingerprint density at radius 2 is 2.33 bits per heavy atom. The standard InChI is InChI=1S/C13H22O2/c1-5-9-14-12(2,3)10-7-6-8-13(4)11(10)15-13/h5,10-11H,1,6-9H2,2-4H3. The van der Waals surface area contributed by atoms with Crippen LogP contribution in [-0.4, -0.2) is 23.9 Å². The minimum atomic E-state index is -0.0863. The molecule has 0 aromatic heterocycles. The normalized spacial score (nSPS) is 39.7. The zero-order valence-electron chi connectivity index (χ0n) is 10.1. The molecule has 1 heterocycles. The van der Waals surface area contributed by atoms with E-state index in [0.717, 1.165) is 0 Å². The second-order valence-corrected chi connectivity index (χ2v) is 5.55. The van der Waals surface area contributed by atoms with Crippen LogP contribution >= 0.6 is 0 Å². The quantitative estimate of drug-likeness (QED) is 0.525. The molecule has 0 aromatic carbocycles. The Bertz CT molecular complexity index is 259. The Balaban J connectivity index is 2.00. The van der Waals surface area contributed by atoms with Crippen molar-refractivity contribution in [3.05, 3.63) is 12.7 Å². The molecule has 0 bridgehead atoms. The number of epoxide rings is 1. The predicted octanol–water partition coefficient (Wildman–Crippen LogP) is 2.93. The summed E-state index contributed by atoms with van der Waals surface area (Å²) in [5.74, 6) is 0.538. The summed E-state index contributed by atoms with van der Waals surface area (Å²) >= 11 is 0. The van der Waals surface area contributed by atoms with Gasteiger partial charge in [-0.25, -0.2) is 0 Å². The molecule has 1 saturated heterocycles. The lowest BCUT2D eigenvalue weighted by Gasteiger charge is -2.36. The van der Waals surface area contributed by atoms with Crippen LogP contribution in [-0.2, 0) is 9.47 Å². The van der Waals surface area contributed by atoms with Crippen LogP contribution in [0.3, 0.4) is 0 Å². The number of rotatable bonds is 4. The molecular formula is C13H22O2. The summed E-state index contributed by atoms with van der Waals surface area (Å²) in [4.78, 5) is 0. The van der Waals surface area contributed by atoms with Gasteiger partial charge in [0.15, 0.2) is 0 Å². The third-order valence-corrected chi connectivity index (χ3v) is 3.96. The van der Waals surface area contributed by atoms with Crippen molar-refractivity contribution in [3.63, 3.8) is 0 Å². The van der Waals surface area contributed by atoms with Gasteiger partial charge in [-0.15, -0.1) is 6.58 Å². The molecule has 3 unspecified atom stereocenters. The first-order valence-electron chi connectivity index (χ1n) is 5.92. The van der Waals surface area contributed by atoms with E-state index in [4.69, 9.17) is 9.47 Å². The smallest absolute Gasteiger partial charge is 0.0926 e. The topological polar surface area (TPSA) is 21.8 Å². The molecule has 15 heavy (non-hydrogen) atoms. The maximum absolute atomic E-state index is 5.86. The monoisotopic (exact) mass is 210 g/mol. The summed E-state index contributed by atoms with van der Waals surface area (Å²) in [6.45, 7) is 10.9. The molecule has 1 saturated carbocycles. The SMILES string of the molecule is C=CCOC(C)(C)C1CCCC2(C)OC12. The third kappa shape index (κ3) is 1.98. The van der Waals surface area contributed by atoms with Crippen molar-refractivity contribution in [1.29, 1.82) is 0 Å². The first-order chi connectivity index (χ1) is 6.99. The minimum Gasteiger partial charge on any atom is -0.371 e. The van der Waals surface area contributed by atoms with Gasteiger partial charge in [-0.1, -0.05) is 12.5 Å². The van der Waals surface area contributed by atoms with Crippen molar-refractivity contribution in [2.75, 3.05) is 6.61 Å². The van der Waals surface area contributed by atoms with Crippen LogP contribution in [0.2, 0.25) is 0 Å². The van der Waals surface area contributed by atoms with Gasteiger partial charge >= 0.3 is 0 Å². The van der Waals surface area contributed by atoms with Crippen molar-refractivity contribution in [2.45, 2.75) is 57.3 Å². The summed E-state index contributed by atoms with van der Waals surface area (Å²) in [5.41, 5.74) is 0.0781. The molecule has 0 amide bonds. The van der Waals surface area contributed by atoms with Gasteiger partial charge in [-0.2, -0.15) is 0 Å². The van der Waals surface area contributed by atoms with Gasteiger partial charge in [0, 0.05) is 5.92 Å². The van der Waals surface area contributed by atoms with Crippen molar-refractivity contribution in [3.8, 4) is 0 Å². The summed E-state index contributed by atoms with van der Waals surface area (Å²) in [7, 11) is 0. The lowest BCUT2D eigenvalue weighted by molar-refractivity contribution is -0.0596. The van der Waals surface area contributed by atoms with E-state index >= 15 is 0 Å². The van der Waals surface area contributed by atoms with Gasteiger partial charge in [-0.3, -0.25) is 0 Å². The average molecular weight is 210 g/mol. The maximum Gasteiger partial charge on any atom is 0.0926 e. The predicted molar refractivity (Wildman–Crippen MR) is 60.8 cm³/mol. The average Bonchev–Trinajstić information content (AvgIpc) is 2.86. The molecule has 0 spiro atoms. The lowest BCUT2D eigenvalue weighted by Crippen LogP contribution is -2.41. The molecule has 2 nitrogen and oxygen atoms in total. The van der Waals surface area contributed by atoms with E-state index in [0.29, 0.717) is 18.6 Å². The van der Waals surface area contributed by atoms with Gasteiger partial charge in [0.2, 0.25) is 0 Å². The Morgan fingerprint density at radius 1 is 1.60 bits per heavy atom. The van der Waals surface area contributed by atoms with Crippen molar-refractivity contribution < 1.29 is 9.47 Å². The van der Waals surface area contributed by atoms with E-state index in [1.165, 1.54) is 19.3 Å². The molecule has 0 N–H and O–H groups in total. The fourth-order valence-corrected chi connectivity index (χ4v) is 2.88. The van der Waals surface area contributed by atoms with E-state index in [2.05, 4.69) is 27.4 Å².